The number of thiazole rings is 1. The highest BCUT2D eigenvalue weighted by molar-refractivity contribution is 9.10. The van der Waals surface area contributed by atoms with Crippen molar-refractivity contribution in [3.63, 3.8) is 0 Å². The minimum Gasteiger partial charge on any atom is -0.497 e. The number of halogens is 1. The summed E-state index contributed by atoms with van der Waals surface area (Å²) in [6.07, 6.45) is 0. The lowest BCUT2D eigenvalue weighted by atomic mass is 10.1. The van der Waals surface area contributed by atoms with Gasteiger partial charge in [0, 0.05) is 10.0 Å². The Labute approximate surface area is 181 Å². The first-order valence-electron chi connectivity index (χ1n) is 8.92. The SMILES string of the molecule is COc1ccc(-c2sc(NC(=O)c3ccccc3Br)nc2-c2ccccc2)cc1. The second-order valence-corrected chi connectivity index (χ2v) is 8.08. The number of hydrogen-bond donors (Lipinski definition) is 1. The Balaban J connectivity index is 1.73. The number of nitrogens with zero attached hydrogens (tertiary/aromatic N) is 1. The van der Waals surface area contributed by atoms with E-state index in [1.807, 2.05) is 72.8 Å². The van der Waals surface area contributed by atoms with Gasteiger partial charge in [-0.15, -0.1) is 0 Å². The maximum Gasteiger partial charge on any atom is 0.258 e. The van der Waals surface area contributed by atoms with E-state index in [4.69, 9.17) is 9.72 Å². The van der Waals surface area contributed by atoms with Gasteiger partial charge in [0.15, 0.2) is 5.13 Å². The van der Waals surface area contributed by atoms with Crippen molar-refractivity contribution >= 4 is 38.3 Å². The average molecular weight is 465 g/mol. The number of nitrogens with one attached hydrogen (secondary N) is 1. The molecule has 0 aliphatic carbocycles. The molecule has 3 aromatic carbocycles. The van der Waals surface area contributed by atoms with Gasteiger partial charge in [-0.1, -0.05) is 53.8 Å². The van der Waals surface area contributed by atoms with E-state index in [2.05, 4.69) is 21.2 Å². The van der Waals surface area contributed by atoms with Crippen LogP contribution in [0.15, 0.2) is 83.3 Å². The molecule has 1 N–H and O–H groups in total. The molecule has 144 valence electrons. The van der Waals surface area contributed by atoms with Gasteiger partial charge in [0.05, 0.1) is 23.2 Å². The number of methoxy groups -OCH3 is 1. The molecule has 0 saturated carbocycles. The molecule has 6 heteroatoms. The number of aromatic nitrogens is 1. The van der Waals surface area contributed by atoms with Crippen LogP contribution in [-0.4, -0.2) is 18.0 Å². The minimum atomic E-state index is -0.202. The molecule has 1 heterocycles. The monoisotopic (exact) mass is 464 g/mol. The normalized spacial score (nSPS) is 10.6. The molecule has 0 aliphatic heterocycles. The second-order valence-electron chi connectivity index (χ2n) is 6.23. The molecule has 29 heavy (non-hydrogen) atoms. The van der Waals surface area contributed by atoms with Crippen LogP contribution in [0.25, 0.3) is 21.7 Å². The van der Waals surface area contributed by atoms with Gasteiger partial charge in [0.2, 0.25) is 0 Å². The first-order chi connectivity index (χ1) is 14.2. The van der Waals surface area contributed by atoms with Crippen LogP contribution in [0.5, 0.6) is 5.75 Å². The van der Waals surface area contributed by atoms with Crippen molar-refractivity contribution in [2.75, 3.05) is 12.4 Å². The zero-order valence-corrected chi connectivity index (χ0v) is 18.0. The smallest absolute Gasteiger partial charge is 0.258 e. The Morgan fingerprint density at radius 3 is 2.31 bits per heavy atom. The molecule has 0 spiro atoms. The molecule has 0 fully saturated rings. The van der Waals surface area contributed by atoms with Crippen LogP contribution < -0.4 is 10.1 Å². The lowest BCUT2D eigenvalue weighted by Crippen LogP contribution is -2.12. The number of rotatable bonds is 5. The molecule has 0 atom stereocenters. The number of hydrogen-bond acceptors (Lipinski definition) is 4. The lowest BCUT2D eigenvalue weighted by Gasteiger charge is -2.04. The molecule has 4 rings (SSSR count). The summed E-state index contributed by atoms with van der Waals surface area (Å²) in [7, 11) is 1.65. The van der Waals surface area contributed by atoms with Crippen molar-refractivity contribution in [2.24, 2.45) is 0 Å². The number of carbonyl (C=O) groups excluding carboxylic acids is 1. The van der Waals surface area contributed by atoms with Gasteiger partial charge in [-0.05, 0) is 57.9 Å². The van der Waals surface area contributed by atoms with Gasteiger partial charge >= 0.3 is 0 Å². The third-order valence-electron chi connectivity index (χ3n) is 4.37. The van der Waals surface area contributed by atoms with Crippen LogP contribution in [0.1, 0.15) is 10.4 Å². The molecule has 0 aliphatic rings. The maximum absolute atomic E-state index is 12.7. The Morgan fingerprint density at radius 2 is 1.62 bits per heavy atom. The van der Waals surface area contributed by atoms with Crippen LogP contribution >= 0.6 is 27.3 Å². The topological polar surface area (TPSA) is 51.2 Å². The van der Waals surface area contributed by atoms with E-state index in [1.54, 1.807) is 13.2 Å². The summed E-state index contributed by atoms with van der Waals surface area (Å²) in [5.74, 6) is 0.592. The Hall–Kier alpha value is -2.96. The molecule has 0 saturated heterocycles. The van der Waals surface area contributed by atoms with Crippen molar-refractivity contribution in [1.29, 1.82) is 0 Å². The Bertz CT molecular complexity index is 1140. The highest BCUT2D eigenvalue weighted by atomic mass is 79.9. The summed E-state index contributed by atoms with van der Waals surface area (Å²) in [6, 6.07) is 25.1. The van der Waals surface area contributed by atoms with Gasteiger partial charge in [0.25, 0.3) is 5.91 Å². The quantitative estimate of drug-likeness (QED) is 0.366. The van der Waals surface area contributed by atoms with Crippen molar-refractivity contribution in [3.8, 4) is 27.4 Å². The molecular weight excluding hydrogens is 448 g/mol. The van der Waals surface area contributed by atoms with Gasteiger partial charge in [-0.2, -0.15) is 0 Å². The fourth-order valence-electron chi connectivity index (χ4n) is 2.91. The van der Waals surface area contributed by atoms with Crippen molar-refractivity contribution in [1.82, 2.24) is 4.98 Å². The fraction of sp³-hybridized carbons (Fsp3) is 0.0435. The second kappa shape index (κ2) is 8.59. The third-order valence-corrected chi connectivity index (χ3v) is 6.08. The summed E-state index contributed by atoms with van der Waals surface area (Å²) >= 11 is 4.88. The van der Waals surface area contributed by atoms with Crippen LogP contribution in [0.2, 0.25) is 0 Å². The van der Waals surface area contributed by atoms with E-state index in [-0.39, 0.29) is 5.91 Å². The summed E-state index contributed by atoms with van der Waals surface area (Å²) in [5.41, 5.74) is 3.41. The molecule has 4 aromatic rings. The average Bonchev–Trinajstić information content (AvgIpc) is 3.18. The highest BCUT2D eigenvalue weighted by Gasteiger charge is 2.18. The Kier molecular flexibility index (Phi) is 5.74. The van der Waals surface area contributed by atoms with Crippen molar-refractivity contribution in [2.45, 2.75) is 0 Å². The molecular formula is C23H17BrN2O2S. The first-order valence-corrected chi connectivity index (χ1v) is 10.5. The van der Waals surface area contributed by atoms with E-state index >= 15 is 0 Å². The zero-order valence-electron chi connectivity index (χ0n) is 15.6. The predicted octanol–water partition coefficient (Wildman–Crippen LogP) is 6.50. The van der Waals surface area contributed by atoms with E-state index in [0.29, 0.717) is 10.7 Å². The zero-order chi connectivity index (χ0) is 20.2. The standard InChI is InChI=1S/C23H17BrN2O2S/c1-28-17-13-11-16(12-14-17)21-20(15-7-3-2-4-8-15)25-23(29-21)26-22(27)18-9-5-6-10-19(18)24/h2-14H,1H3,(H,25,26,27). The number of ether oxygens (including phenoxy) is 1. The minimum absolute atomic E-state index is 0.202. The predicted molar refractivity (Wildman–Crippen MR) is 122 cm³/mol. The van der Waals surface area contributed by atoms with Gasteiger partial charge < -0.3 is 4.74 Å². The van der Waals surface area contributed by atoms with Crippen molar-refractivity contribution in [3.05, 3.63) is 88.9 Å². The van der Waals surface area contributed by atoms with E-state index in [9.17, 15) is 4.79 Å². The summed E-state index contributed by atoms with van der Waals surface area (Å²) in [4.78, 5) is 18.4. The van der Waals surface area contributed by atoms with Crippen LogP contribution in [0.3, 0.4) is 0 Å². The maximum atomic E-state index is 12.7. The van der Waals surface area contributed by atoms with E-state index in [1.165, 1.54) is 11.3 Å². The molecule has 1 aromatic heterocycles. The summed E-state index contributed by atoms with van der Waals surface area (Å²) < 4.78 is 6.01. The van der Waals surface area contributed by atoms with Crippen LogP contribution in [-0.2, 0) is 0 Å². The molecule has 0 unspecified atom stereocenters. The highest BCUT2D eigenvalue weighted by Crippen LogP contribution is 2.39. The first kappa shape index (κ1) is 19.4. The molecule has 4 nitrogen and oxygen atoms in total. The van der Waals surface area contributed by atoms with E-state index in [0.717, 1.165) is 31.9 Å². The van der Waals surface area contributed by atoms with Gasteiger partial charge in [-0.25, -0.2) is 4.98 Å². The number of anilines is 1. The van der Waals surface area contributed by atoms with Gasteiger partial charge in [-0.3, -0.25) is 10.1 Å². The third kappa shape index (κ3) is 4.23. The van der Waals surface area contributed by atoms with Crippen LogP contribution in [0.4, 0.5) is 5.13 Å². The van der Waals surface area contributed by atoms with Crippen molar-refractivity contribution < 1.29 is 9.53 Å². The largest absolute Gasteiger partial charge is 0.497 e. The summed E-state index contributed by atoms with van der Waals surface area (Å²) in [5, 5.41) is 3.49. The molecule has 0 radical (unpaired) electrons. The summed E-state index contributed by atoms with van der Waals surface area (Å²) in [6.45, 7) is 0. The Morgan fingerprint density at radius 1 is 0.931 bits per heavy atom. The van der Waals surface area contributed by atoms with Crippen LogP contribution in [0, 0.1) is 0 Å². The molecule has 0 bridgehead atoms. The number of benzene rings is 3. The lowest BCUT2D eigenvalue weighted by molar-refractivity contribution is 0.102. The fourth-order valence-corrected chi connectivity index (χ4v) is 4.37. The molecule has 1 amide bonds. The van der Waals surface area contributed by atoms with E-state index < -0.39 is 0 Å². The number of carbonyl (C=O) groups is 1. The van der Waals surface area contributed by atoms with Gasteiger partial charge in [0.1, 0.15) is 5.75 Å². The number of amides is 1.